The maximum absolute atomic E-state index is 4.36. The van der Waals surface area contributed by atoms with E-state index < -0.39 is 0 Å². The Morgan fingerprint density at radius 1 is 0.826 bits per heavy atom. The lowest BCUT2D eigenvalue weighted by atomic mass is 10.2. The molecular formula is C20H21NS2. The predicted octanol–water partition coefficient (Wildman–Crippen LogP) is 5.80. The third-order valence-electron chi connectivity index (χ3n) is 3.14. The predicted molar refractivity (Wildman–Crippen MR) is 104 cm³/mol. The van der Waals surface area contributed by atoms with Gasteiger partial charge in [0.05, 0.1) is 5.03 Å². The van der Waals surface area contributed by atoms with Gasteiger partial charge in [-0.25, -0.2) is 4.98 Å². The highest BCUT2D eigenvalue weighted by molar-refractivity contribution is 7.98. The summed E-state index contributed by atoms with van der Waals surface area (Å²) in [6, 6.07) is 24.8. The van der Waals surface area contributed by atoms with Crippen LogP contribution in [0.15, 0.2) is 84.0 Å². The molecule has 0 saturated heterocycles. The SMILES string of the molecule is Cc1ccc(SCc2ccccc2)nc1.SCc1ccccc1. The van der Waals surface area contributed by atoms with Gasteiger partial charge in [0, 0.05) is 17.7 Å². The standard InChI is InChI=1S/C13H13NS.C7H8S/c1-11-7-8-13(14-9-11)15-10-12-5-3-2-4-6-12;8-6-7-4-2-1-3-5-7/h2-9H,10H2,1H3;1-5,8H,6H2. The first-order valence-electron chi connectivity index (χ1n) is 7.52. The van der Waals surface area contributed by atoms with Crippen LogP contribution in [0.1, 0.15) is 16.7 Å². The Hall–Kier alpha value is -1.71. The van der Waals surface area contributed by atoms with Crippen molar-refractivity contribution in [1.29, 1.82) is 0 Å². The zero-order valence-electron chi connectivity index (χ0n) is 13.2. The van der Waals surface area contributed by atoms with Gasteiger partial charge in [0.1, 0.15) is 0 Å². The molecule has 3 rings (SSSR count). The number of thioether (sulfide) groups is 1. The summed E-state index contributed by atoms with van der Waals surface area (Å²) in [6.07, 6.45) is 1.91. The van der Waals surface area contributed by atoms with E-state index in [0.717, 1.165) is 16.5 Å². The molecule has 118 valence electrons. The van der Waals surface area contributed by atoms with Gasteiger partial charge in [-0.15, -0.1) is 11.8 Å². The lowest BCUT2D eigenvalue weighted by molar-refractivity contribution is 1.11. The maximum Gasteiger partial charge on any atom is 0.0963 e. The molecule has 1 heterocycles. The first-order valence-corrected chi connectivity index (χ1v) is 9.14. The molecule has 3 aromatic rings. The van der Waals surface area contributed by atoms with Crippen molar-refractivity contribution in [2.75, 3.05) is 0 Å². The molecule has 3 heteroatoms. The Kier molecular flexibility index (Phi) is 7.78. The lowest BCUT2D eigenvalue weighted by Crippen LogP contribution is -1.83. The summed E-state index contributed by atoms with van der Waals surface area (Å²) in [6.45, 7) is 2.05. The van der Waals surface area contributed by atoms with Gasteiger partial charge in [-0.1, -0.05) is 66.7 Å². The number of thiol groups is 1. The van der Waals surface area contributed by atoms with Crippen molar-refractivity contribution in [2.24, 2.45) is 0 Å². The van der Waals surface area contributed by atoms with Crippen molar-refractivity contribution in [2.45, 2.75) is 23.5 Å². The summed E-state index contributed by atoms with van der Waals surface area (Å²) in [5, 5.41) is 1.09. The summed E-state index contributed by atoms with van der Waals surface area (Å²) in [4.78, 5) is 4.36. The number of nitrogens with zero attached hydrogens (tertiary/aromatic N) is 1. The quantitative estimate of drug-likeness (QED) is 0.476. The monoisotopic (exact) mass is 339 g/mol. The second-order valence-electron chi connectivity index (χ2n) is 5.09. The van der Waals surface area contributed by atoms with E-state index in [2.05, 4.69) is 73.1 Å². The first-order chi connectivity index (χ1) is 11.3. The summed E-state index contributed by atoms with van der Waals surface area (Å²) in [5.74, 6) is 1.82. The fraction of sp³-hybridized carbons (Fsp3) is 0.150. The second kappa shape index (κ2) is 10.1. The molecule has 0 bridgehead atoms. The third-order valence-corrected chi connectivity index (χ3v) is 4.52. The van der Waals surface area contributed by atoms with Crippen LogP contribution in [0.3, 0.4) is 0 Å². The Balaban J connectivity index is 0.000000203. The summed E-state index contributed by atoms with van der Waals surface area (Å²) in [7, 11) is 0. The highest BCUT2D eigenvalue weighted by Crippen LogP contribution is 2.20. The fourth-order valence-corrected chi connectivity index (χ4v) is 2.86. The molecule has 1 nitrogen and oxygen atoms in total. The number of aryl methyl sites for hydroxylation is 1. The van der Waals surface area contributed by atoms with Crippen LogP contribution < -0.4 is 0 Å². The van der Waals surface area contributed by atoms with Crippen LogP contribution in [-0.4, -0.2) is 4.98 Å². The van der Waals surface area contributed by atoms with Gasteiger partial charge in [0.2, 0.25) is 0 Å². The second-order valence-corrected chi connectivity index (χ2v) is 6.40. The molecule has 0 fully saturated rings. The molecule has 1 aromatic heterocycles. The molecule has 0 amide bonds. The van der Waals surface area contributed by atoms with Crippen LogP contribution in [0.4, 0.5) is 0 Å². The first kappa shape index (κ1) is 17.6. The molecule has 0 aliphatic rings. The van der Waals surface area contributed by atoms with E-state index in [9.17, 15) is 0 Å². The minimum atomic E-state index is 0.834. The number of pyridine rings is 1. The van der Waals surface area contributed by atoms with E-state index in [1.807, 2.05) is 30.5 Å². The van der Waals surface area contributed by atoms with E-state index in [1.165, 1.54) is 16.7 Å². The molecule has 23 heavy (non-hydrogen) atoms. The van der Waals surface area contributed by atoms with Crippen molar-refractivity contribution in [3.8, 4) is 0 Å². The number of hydrogen-bond donors (Lipinski definition) is 1. The van der Waals surface area contributed by atoms with Crippen LogP contribution >= 0.6 is 24.4 Å². The van der Waals surface area contributed by atoms with Crippen molar-refractivity contribution in [3.63, 3.8) is 0 Å². The van der Waals surface area contributed by atoms with Gasteiger partial charge in [0.15, 0.2) is 0 Å². The van der Waals surface area contributed by atoms with E-state index in [0.29, 0.717) is 0 Å². The van der Waals surface area contributed by atoms with Crippen LogP contribution in [0, 0.1) is 6.92 Å². The Bertz CT molecular complexity index is 667. The largest absolute Gasteiger partial charge is 0.250 e. The number of benzene rings is 2. The van der Waals surface area contributed by atoms with Crippen LogP contribution in [0.2, 0.25) is 0 Å². The van der Waals surface area contributed by atoms with E-state index in [1.54, 1.807) is 11.8 Å². The van der Waals surface area contributed by atoms with Gasteiger partial charge in [-0.2, -0.15) is 12.6 Å². The molecule has 0 spiro atoms. The highest BCUT2D eigenvalue weighted by Gasteiger charge is 1.96. The molecule has 0 aliphatic heterocycles. The minimum absolute atomic E-state index is 0.834. The number of rotatable bonds is 4. The van der Waals surface area contributed by atoms with E-state index >= 15 is 0 Å². The molecule has 0 N–H and O–H groups in total. The van der Waals surface area contributed by atoms with Crippen molar-refractivity contribution in [3.05, 3.63) is 95.7 Å². The average molecular weight is 340 g/mol. The summed E-state index contributed by atoms with van der Waals surface area (Å²) in [5.41, 5.74) is 3.82. The van der Waals surface area contributed by atoms with E-state index in [-0.39, 0.29) is 0 Å². The van der Waals surface area contributed by atoms with Crippen molar-refractivity contribution >= 4 is 24.4 Å². The van der Waals surface area contributed by atoms with E-state index in [4.69, 9.17) is 0 Å². The van der Waals surface area contributed by atoms with Gasteiger partial charge >= 0.3 is 0 Å². The summed E-state index contributed by atoms with van der Waals surface area (Å²) < 4.78 is 0. The molecule has 0 atom stereocenters. The van der Waals surface area contributed by atoms with Gasteiger partial charge in [-0.05, 0) is 29.7 Å². The van der Waals surface area contributed by atoms with Gasteiger partial charge < -0.3 is 0 Å². The summed E-state index contributed by atoms with van der Waals surface area (Å²) >= 11 is 5.88. The zero-order chi connectivity index (χ0) is 16.3. The molecule has 0 unspecified atom stereocenters. The Labute approximate surface area is 148 Å². The smallest absolute Gasteiger partial charge is 0.0963 e. The molecule has 2 aromatic carbocycles. The van der Waals surface area contributed by atoms with Crippen LogP contribution in [-0.2, 0) is 11.5 Å². The van der Waals surface area contributed by atoms with Crippen molar-refractivity contribution in [1.82, 2.24) is 4.98 Å². The number of hydrogen-bond acceptors (Lipinski definition) is 3. The average Bonchev–Trinajstić information content (AvgIpc) is 2.63. The van der Waals surface area contributed by atoms with Gasteiger partial charge in [-0.3, -0.25) is 0 Å². The Morgan fingerprint density at radius 3 is 1.91 bits per heavy atom. The van der Waals surface area contributed by atoms with Crippen LogP contribution in [0.5, 0.6) is 0 Å². The lowest BCUT2D eigenvalue weighted by Gasteiger charge is -2.01. The van der Waals surface area contributed by atoms with Crippen molar-refractivity contribution < 1.29 is 0 Å². The molecule has 0 saturated carbocycles. The minimum Gasteiger partial charge on any atom is -0.250 e. The maximum atomic E-state index is 4.36. The highest BCUT2D eigenvalue weighted by atomic mass is 32.2. The normalized spacial score (nSPS) is 9.83. The zero-order valence-corrected chi connectivity index (χ0v) is 14.9. The van der Waals surface area contributed by atoms with Crippen LogP contribution in [0.25, 0.3) is 0 Å². The topological polar surface area (TPSA) is 12.9 Å². The molecular weight excluding hydrogens is 318 g/mol. The van der Waals surface area contributed by atoms with Gasteiger partial charge in [0.25, 0.3) is 0 Å². The molecule has 0 aliphatic carbocycles. The molecule has 0 radical (unpaired) electrons. The fourth-order valence-electron chi connectivity index (χ4n) is 1.85. The number of aromatic nitrogens is 1. The third kappa shape index (κ3) is 6.93. The Morgan fingerprint density at radius 2 is 1.43 bits per heavy atom.